The van der Waals surface area contributed by atoms with E-state index in [9.17, 15) is 13.0 Å². The second-order valence-electron chi connectivity index (χ2n) is 7.86. The molecule has 120 valence electrons. The Balaban J connectivity index is 0.00000264. The van der Waals surface area contributed by atoms with E-state index in [4.69, 9.17) is 0 Å². The summed E-state index contributed by atoms with van der Waals surface area (Å²) < 4.78 is 35.0. The maximum atomic E-state index is 11.7. The predicted octanol–water partition coefficient (Wildman–Crippen LogP) is 1.34. The van der Waals surface area contributed by atoms with Crippen LogP contribution in [0, 0.1) is 0 Å². The van der Waals surface area contributed by atoms with Gasteiger partial charge in [-0.2, -0.15) is 0 Å². The summed E-state index contributed by atoms with van der Waals surface area (Å²) in [6.07, 6.45) is 0. The minimum absolute atomic E-state index is 0. The smallest absolute Gasteiger partial charge is 0.744 e. The SMILES string of the molecule is CC(C)(C)c1ccc2cc(C(C)(C)C)c(S(=O)(=O)[O-])cc2c1.[Na+]. The van der Waals surface area contributed by atoms with E-state index in [1.165, 1.54) is 6.07 Å². The molecule has 23 heavy (non-hydrogen) atoms. The topological polar surface area (TPSA) is 57.2 Å². The van der Waals surface area contributed by atoms with E-state index in [0.717, 1.165) is 16.3 Å². The van der Waals surface area contributed by atoms with Crippen LogP contribution in [0.25, 0.3) is 10.8 Å². The predicted molar refractivity (Wildman–Crippen MR) is 89.3 cm³/mol. The third-order valence-electron chi connectivity index (χ3n) is 3.88. The Bertz CT molecular complexity index is 826. The van der Waals surface area contributed by atoms with E-state index >= 15 is 0 Å². The van der Waals surface area contributed by atoms with Gasteiger partial charge < -0.3 is 4.55 Å². The fraction of sp³-hybridized carbons (Fsp3) is 0.444. The summed E-state index contributed by atoms with van der Waals surface area (Å²) in [7, 11) is -4.51. The molecule has 0 aliphatic rings. The molecule has 0 unspecified atom stereocenters. The van der Waals surface area contributed by atoms with Gasteiger partial charge in [0.2, 0.25) is 0 Å². The van der Waals surface area contributed by atoms with Crippen molar-refractivity contribution >= 4 is 20.9 Å². The Kier molecular flexibility index (Phi) is 5.83. The van der Waals surface area contributed by atoms with Crippen molar-refractivity contribution < 1.29 is 42.5 Å². The van der Waals surface area contributed by atoms with E-state index in [0.29, 0.717) is 5.56 Å². The molecular formula is C18H23NaO3S. The zero-order valence-corrected chi connectivity index (χ0v) is 17.8. The summed E-state index contributed by atoms with van der Waals surface area (Å²) in [6, 6.07) is 9.36. The number of benzene rings is 2. The monoisotopic (exact) mass is 342 g/mol. The Labute approximate surface area is 161 Å². The van der Waals surface area contributed by atoms with Crippen molar-refractivity contribution in [2.24, 2.45) is 0 Å². The summed E-state index contributed by atoms with van der Waals surface area (Å²) in [5.74, 6) is 0. The van der Waals surface area contributed by atoms with Gasteiger partial charge in [-0.15, -0.1) is 0 Å². The Hall–Kier alpha value is -0.390. The van der Waals surface area contributed by atoms with Crippen molar-refractivity contribution in [1.29, 1.82) is 0 Å². The molecule has 0 amide bonds. The fourth-order valence-corrected chi connectivity index (χ4v) is 3.44. The van der Waals surface area contributed by atoms with Crippen molar-refractivity contribution in [3.05, 3.63) is 41.5 Å². The van der Waals surface area contributed by atoms with Crippen molar-refractivity contribution in [2.45, 2.75) is 57.3 Å². The van der Waals surface area contributed by atoms with Crippen molar-refractivity contribution in [3.8, 4) is 0 Å². The molecule has 0 bridgehead atoms. The molecule has 2 aromatic carbocycles. The summed E-state index contributed by atoms with van der Waals surface area (Å²) >= 11 is 0. The van der Waals surface area contributed by atoms with Crippen molar-refractivity contribution in [3.63, 3.8) is 0 Å². The molecule has 0 radical (unpaired) electrons. The summed E-state index contributed by atoms with van der Waals surface area (Å²) in [5, 5.41) is 1.74. The van der Waals surface area contributed by atoms with E-state index in [1.807, 2.05) is 39.0 Å². The van der Waals surface area contributed by atoms with Gasteiger partial charge in [-0.25, -0.2) is 8.42 Å². The molecule has 5 heteroatoms. The van der Waals surface area contributed by atoms with Gasteiger partial charge in [0.25, 0.3) is 0 Å². The summed E-state index contributed by atoms with van der Waals surface area (Å²) in [5.41, 5.74) is 1.23. The molecule has 0 saturated carbocycles. The third kappa shape index (κ3) is 4.58. The molecule has 0 aromatic heterocycles. The largest absolute Gasteiger partial charge is 1.00 e. The zero-order valence-electron chi connectivity index (χ0n) is 15.0. The molecule has 0 heterocycles. The van der Waals surface area contributed by atoms with Crippen molar-refractivity contribution in [1.82, 2.24) is 0 Å². The van der Waals surface area contributed by atoms with Crippen LogP contribution < -0.4 is 29.6 Å². The first-order chi connectivity index (χ1) is 9.80. The molecular weight excluding hydrogens is 319 g/mol. The molecule has 2 aromatic rings. The van der Waals surface area contributed by atoms with Gasteiger partial charge in [-0.05, 0) is 44.9 Å². The average molecular weight is 342 g/mol. The number of hydrogen-bond acceptors (Lipinski definition) is 3. The van der Waals surface area contributed by atoms with Crippen LogP contribution in [0.3, 0.4) is 0 Å². The van der Waals surface area contributed by atoms with Crippen LogP contribution in [0.15, 0.2) is 35.2 Å². The van der Waals surface area contributed by atoms with Crippen LogP contribution in [0.5, 0.6) is 0 Å². The maximum Gasteiger partial charge on any atom is 1.00 e. The molecule has 0 spiro atoms. The first-order valence-electron chi connectivity index (χ1n) is 7.35. The quantitative estimate of drug-likeness (QED) is 0.580. The molecule has 0 fully saturated rings. The third-order valence-corrected chi connectivity index (χ3v) is 4.76. The van der Waals surface area contributed by atoms with Crippen LogP contribution in [0.2, 0.25) is 0 Å². The van der Waals surface area contributed by atoms with E-state index in [1.54, 1.807) is 0 Å². The molecule has 0 N–H and O–H groups in total. The normalized spacial score (nSPS) is 13.0. The molecule has 3 nitrogen and oxygen atoms in total. The van der Waals surface area contributed by atoms with Crippen LogP contribution in [-0.2, 0) is 20.9 Å². The first kappa shape index (κ1) is 20.7. The Morgan fingerprint density at radius 1 is 0.826 bits per heavy atom. The maximum absolute atomic E-state index is 11.7. The number of fused-ring (bicyclic) bond motifs is 1. The Morgan fingerprint density at radius 3 is 1.83 bits per heavy atom. The van der Waals surface area contributed by atoms with Gasteiger partial charge in [0, 0.05) is 0 Å². The minimum Gasteiger partial charge on any atom is -0.744 e. The molecule has 0 aliphatic heterocycles. The van der Waals surface area contributed by atoms with Gasteiger partial charge in [-0.1, -0.05) is 59.7 Å². The second-order valence-corrected chi connectivity index (χ2v) is 9.21. The van der Waals surface area contributed by atoms with Crippen LogP contribution in [0.1, 0.15) is 52.7 Å². The van der Waals surface area contributed by atoms with E-state index in [2.05, 4.69) is 26.8 Å². The first-order valence-corrected chi connectivity index (χ1v) is 8.76. The molecule has 2 rings (SSSR count). The zero-order chi connectivity index (χ0) is 16.9. The van der Waals surface area contributed by atoms with E-state index < -0.39 is 15.5 Å². The molecule has 0 atom stereocenters. The Morgan fingerprint density at radius 2 is 1.39 bits per heavy atom. The van der Waals surface area contributed by atoms with Gasteiger partial charge in [0.1, 0.15) is 10.1 Å². The van der Waals surface area contributed by atoms with Crippen LogP contribution >= 0.6 is 0 Å². The second kappa shape index (κ2) is 6.49. The van der Waals surface area contributed by atoms with E-state index in [-0.39, 0.29) is 39.9 Å². The molecule has 0 saturated heterocycles. The fourth-order valence-electron chi connectivity index (χ4n) is 2.54. The number of hydrogen-bond donors (Lipinski definition) is 0. The summed E-state index contributed by atoms with van der Waals surface area (Å²) in [6.45, 7) is 12.0. The number of rotatable bonds is 1. The van der Waals surface area contributed by atoms with Crippen molar-refractivity contribution in [2.75, 3.05) is 0 Å². The summed E-state index contributed by atoms with van der Waals surface area (Å²) in [4.78, 5) is -0.112. The van der Waals surface area contributed by atoms with Gasteiger partial charge >= 0.3 is 29.6 Å². The average Bonchev–Trinajstić information content (AvgIpc) is 2.33. The van der Waals surface area contributed by atoms with Gasteiger partial charge in [0.15, 0.2) is 0 Å². The van der Waals surface area contributed by atoms with Gasteiger partial charge in [0.05, 0.1) is 4.90 Å². The standard InChI is InChI=1S/C18H24O3S.Na/c1-17(2,3)14-8-7-12-10-15(18(4,5)6)16(22(19,20)21)11-13(12)9-14;/h7-11H,1-6H3,(H,19,20,21);/q;+1/p-1. The van der Waals surface area contributed by atoms with Gasteiger partial charge in [-0.3, -0.25) is 0 Å². The molecule has 0 aliphatic carbocycles. The van der Waals surface area contributed by atoms with Crippen LogP contribution in [0.4, 0.5) is 0 Å². The minimum atomic E-state index is -4.51. The van der Waals surface area contributed by atoms with Crippen LogP contribution in [-0.4, -0.2) is 13.0 Å².